The van der Waals surface area contributed by atoms with Crippen molar-refractivity contribution in [2.45, 2.75) is 60.0 Å². The molecule has 1 unspecified atom stereocenters. The average molecular weight is 325 g/mol. The molecule has 0 radical (unpaired) electrons. The van der Waals surface area contributed by atoms with Crippen LogP contribution >= 0.6 is 0 Å². The SMILES string of the molecule is Cc1nn(CC(C)C)c(C)c1CC(=O)N1c2ccccc2CC1C. The van der Waals surface area contributed by atoms with Crippen molar-refractivity contribution in [3.8, 4) is 0 Å². The molecule has 1 aliphatic rings. The van der Waals surface area contributed by atoms with Crippen LogP contribution in [0.3, 0.4) is 0 Å². The summed E-state index contributed by atoms with van der Waals surface area (Å²) in [4.78, 5) is 15.0. The number of hydrogen-bond donors (Lipinski definition) is 0. The first kappa shape index (κ1) is 16.7. The minimum Gasteiger partial charge on any atom is -0.309 e. The molecule has 2 aromatic rings. The lowest BCUT2D eigenvalue weighted by molar-refractivity contribution is -0.118. The predicted octanol–water partition coefficient (Wildman–Crippen LogP) is 3.68. The Morgan fingerprint density at radius 1 is 1.29 bits per heavy atom. The second-order valence-electron chi connectivity index (χ2n) is 7.35. The number of hydrogen-bond acceptors (Lipinski definition) is 2. The van der Waals surface area contributed by atoms with Gasteiger partial charge in [-0.1, -0.05) is 32.0 Å². The fourth-order valence-corrected chi connectivity index (χ4v) is 3.70. The van der Waals surface area contributed by atoms with E-state index in [0.717, 1.165) is 35.6 Å². The lowest BCUT2D eigenvalue weighted by Gasteiger charge is -2.23. The number of nitrogens with zero attached hydrogens (tertiary/aromatic N) is 3. The number of carbonyl (C=O) groups excluding carboxylic acids is 1. The number of fused-ring (bicyclic) bond motifs is 1. The smallest absolute Gasteiger partial charge is 0.231 e. The van der Waals surface area contributed by atoms with Gasteiger partial charge in [0, 0.05) is 29.5 Å². The summed E-state index contributed by atoms with van der Waals surface area (Å²) in [5.74, 6) is 0.708. The van der Waals surface area contributed by atoms with Crippen LogP contribution in [0.1, 0.15) is 43.3 Å². The summed E-state index contributed by atoms with van der Waals surface area (Å²) in [6.45, 7) is 11.5. The number of rotatable bonds is 4. The highest BCUT2D eigenvalue weighted by Gasteiger charge is 2.31. The Bertz CT molecular complexity index is 760. The highest BCUT2D eigenvalue weighted by Crippen LogP contribution is 2.32. The second-order valence-corrected chi connectivity index (χ2v) is 7.35. The molecular formula is C20H27N3O. The van der Waals surface area contributed by atoms with Crippen LogP contribution in [0.15, 0.2) is 24.3 Å². The van der Waals surface area contributed by atoms with Gasteiger partial charge in [0.05, 0.1) is 12.1 Å². The van der Waals surface area contributed by atoms with E-state index in [1.54, 1.807) is 0 Å². The monoisotopic (exact) mass is 325 g/mol. The molecule has 2 heterocycles. The van der Waals surface area contributed by atoms with Gasteiger partial charge in [-0.2, -0.15) is 5.10 Å². The molecule has 0 bridgehead atoms. The normalized spacial score (nSPS) is 16.8. The summed E-state index contributed by atoms with van der Waals surface area (Å²) < 4.78 is 2.05. The molecule has 1 aliphatic heterocycles. The van der Waals surface area contributed by atoms with Crippen LogP contribution in [0.2, 0.25) is 0 Å². The maximum absolute atomic E-state index is 13.0. The summed E-state index contributed by atoms with van der Waals surface area (Å²) in [5.41, 5.74) is 5.51. The van der Waals surface area contributed by atoms with Crippen LogP contribution in [0, 0.1) is 19.8 Å². The zero-order valence-corrected chi connectivity index (χ0v) is 15.3. The summed E-state index contributed by atoms with van der Waals surface area (Å²) in [7, 11) is 0. The van der Waals surface area contributed by atoms with Gasteiger partial charge in [-0.3, -0.25) is 9.48 Å². The van der Waals surface area contributed by atoms with Crippen LogP contribution in [0.4, 0.5) is 5.69 Å². The van der Waals surface area contributed by atoms with E-state index in [2.05, 4.69) is 44.9 Å². The van der Waals surface area contributed by atoms with E-state index in [0.29, 0.717) is 12.3 Å². The third-order valence-electron chi connectivity index (χ3n) is 4.87. The molecule has 0 fully saturated rings. The fraction of sp³-hybridized carbons (Fsp3) is 0.500. The molecule has 1 aromatic carbocycles. The Balaban J connectivity index is 1.85. The quantitative estimate of drug-likeness (QED) is 0.860. The minimum atomic E-state index is 0.169. The first-order valence-electron chi connectivity index (χ1n) is 8.81. The molecule has 0 aliphatic carbocycles. The highest BCUT2D eigenvalue weighted by molar-refractivity contribution is 5.97. The van der Waals surface area contributed by atoms with Crippen LogP contribution in [0.5, 0.6) is 0 Å². The maximum atomic E-state index is 13.0. The van der Waals surface area contributed by atoms with Gasteiger partial charge in [-0.25, -0.2) is 0 Å². The van der Waals surface area contributed by atoms with Crippen molar-refractivity contribution in [1.29, 1.82) is 0 Å². The Hall–Kier alpha value is -2.10. The van der Waals surface area contributed by atoms with Crippen LogP contribution in [-0.2, 0) is 24.2 Å². The van der Waals surface area contributed by atoms with E-state index in [-0.39, 0.29) is 11.9 Å². The van der Waals surface area contributed by atoms with E-state index >= 15 is 0 Å². The van der Waals surface area contributed by atoms with Crippen molar-refractivity contribution < 1.29 is 4.79 Å². The van der Waals surface area contributed by atoms with E-state index in [4.69, 9.17) is 0 Å². The third-order valence-corrected chi connectivity index (χ3v) is 4.87. The lowest BCUT2D eigenvalue weighted by Crippen LogP contribution is -2.37. The summed E-state index contributed by atoms with van der Waals surface area (Å²) in [6.07, 6.45) is 1.36. The van der Waals surface area contributed by atoms with Gasteiger partial charge < -0.3 is 4.90 Å². The van der Waals surface area contributed by atoms with Gasteiger partial charge >= 0.3 is 0 Å². The number of para-hydroxylation sites is 1. The van der Waals surface area contributed by atoms with Crippen LogP contribution in [0.25, 0.3) is 0 Å². The summed E-state index contributed by atoms with van der Waals surface area (Å²) in [5, 5.41) is 4.64. The van der Waals surface area contributed by atoms with Crippen molar-refractivity contribution in [3.63, 3.8) is 0 Å². The zero-order chi connectivity index (χ0) is 17.4. The maximum Gasteiger partial charge on any atom is 0.231 e. The number of amides is 1. The van der Waals surface area contributed by atoms with E-state index < -0.39 is 0 Å². The van der Waals surface area contributed by atoms with E-state index in [9.17, 15) is 4.79 Å². The number of aromatic nitrogens is 2. The highest BCUT2D eigenvalue weighted by atomic mass is 16.2. The summed E-state index contributed by atoms with van der Waals surface area (Å²) in [6, 6.07) is 8.45. The molecule has 1 amide bonds. The van der Waals surface area contributed by atoms with Crippen LogP contribution in [-0.4, -0.2) is 21.7 Å². The fourth-order valence-electron chi connectivity index (χ4n) is 3.70. The first-order chi connectivity index (χ1) is 11.4. The molecule has 1 aromatic heterocycles. The number of aryl methyl sites for hydroxylation is 1. The van der Waals surface area contributed by atoms with Gasteiger partial charge in [-0.15, -0.1) is 0 Å². The van der Waals surface area contributed by atoms with Crippen molar-refractivity contribution in [1.82, 2.24) is 9.78 Å². The zero-order valence-electron chi connectivity index (χ0n) is 15.3. The predicted molar refractivity (Wildman–Crippen MR) is 97.3 cm³/mol. The van der Waals surface area contributed by atoms with Gasteiger partial charge in [0.2, 0.25) is 5.91 Å². The first-order valence-corrected chi connectivity index (χ1v) is 8.81. The number of anilines is 1. The van der Waals surface area contributed by atoms with Gasteiger partial charge in [0.15, 0.2) is 0 Å². The minimum absolute atomic E-state index is 0.169. The molecule has 4 nitrogen and oxygen atoms in total. The topological polar surface area (TPSA) is 38.1 Å². The molecule has 128 valence electrons. The Labute approximate surface area is 144 Å². The third kappa shape index (κ3) is 2.97. The second kappa shape index (κ2) is 6.42. The molecule has 1 atom stereocenters. The standard InChI is InChI=1S/C20H27N3O/c1-13(2)12-22-16(5)18(15(4)21-22)11-20(24)23-14(3)10-17-8-6-7-9-19(17)23/h6-9,13-14H,10-12H2,1-5H3. The van der Waals surface area contributed by atoms with Gasteiger partial charge in [-0.05, 0) is 44.7 Å². The average Bonchev–Trinajstić information content (AvgIpc) is 2.97. The molecule has 0 N–H and O–H groups in total. The molecule has 0 spiro atoms. The molecule has 4 heteroatoms. The van der Waals surface area contributed by atoms with E-state index in [1.165, 1.54) is 5.56 Å². The van der Waals surface area contributed by atoms with Gasteiger partial charge in [0.25, 0.3) is 0 Å². The Kier molecular flexibility index (Phi) is 4.48. The molecule has 0 saturated carbocycles. The molecule has 3 rings (SSSR count). The number of benzene rings is 1. The molecule has 24 heavy (non-hydrogen) atoms. The number of carbonyl (C=O) groups is 1. The van der Waals surface area contributed by atoms with Gasteiger partial charge in [0.1, 0.15) is 0 Å². The molecule has 0 saturated heterocycles. The summed E-state index contributed by atoms with van der Waals surface area (Å²) >= 11 is 0. The van der Waals surface area contributed by atoms with E-state index in [1.807, 2.05) is 28.6 Å². The Morgan fingerprint density at radius 3 is 2.71 bits per heavy atom. The van der Waals surface area contributed by atoms with Crippen molar-refractivity contribution in [2.24, 2.45) is 5.92 Å². The lowest BCUT2D eigenvalue weighted by atomic mass is 10.1. The largest absolute Gasteiger partial charge is 0.309 e. The van der Waals surface area contributed by atoms with Crippen molar-refractivity contribution in [3.05, 3.63) is 46.8 Å². The Morgan fingerprint density at radius 2 is 2.00 bits per heavy atom. The molecular weight excluding hydrogens is 298 g/mol. The van der Waals surface area contributed by atoms with Crippen molar-refractivity contribution in [2.75, 3.05) is 4.90 Å². The van der Waals surface area contributed by atoms with Crippen molar-refractivity contribution >= 4 is 11.6 Å². The van der Waals surface area contributed by atoms with Crippen LogP contribution < -0.4 is 4.90 Å².